The van der Waals surface area contributed by atoms with Crippen molar-refractivity contribution in [2.45, 2.75) is 13.8 Å². The second-order valence-corrected chi connectivity index (χ2v) is 3.61. The molecule has 86 valence electrons. The van der Waals surface area contributed by atoms with E-state index >= 15 is 0 Å². The number of anilines is 1. The lowest BCUT2D eigenvalue weighted by Crippen LogP contribution is -2.11. The van der Waals surface area contributed by atoms with Gasteiger partial charge in [-0.3, -0.25) is 5.43 Å². The number of aryl methyl sites for hydroxylation is 1. The van der Waals surface area contributed by atoms with E-state index < -0.39 is 5.97 Å². The zero-order valence-corrected chi connectivity index (χ0v) is 10.1. The summed E-state index contributed by atoms with van der Waals surface area (Å²) in [6.07, 6.45) is 0. The number of halogens is 1. The van der Waals surface area contributed by atoms with Gasteiger partial charge in [-0.2, -0.15) is 5.10 Å². The van der Waals surface area contributed by atoms with Gasteiger partial charge in [0.15, 0.2) is 0 Å². The van der Waals surface area contributed by atoms with Crippen molar-refractivity contribution in [1.82, 2.24) is 0 Å². The molecule has 16 heavy (non-hydrogen) atoms. The number of hydrogen-bond donors (Lipinski definition) is 1. The van der Waals surface area contributed by atoms with E-state index in [1.165, 1.54) is 7.11 Å². The first kappa shape index (κ1) is 12.5. The van der Waals surface area contributed by atoms with Crippen molar-refractivity contribution in [2.75, 3.05) is 12.5 Å². The molecule has 0 aliphatic rings. The van der Waals surface area contributed by atoms with Gasteiger partial charge in [-0.05, 0) is 31.0 Å². The van der Waals surface area contributed by atoms with E-state index in [2.05, 4.69) is 15.3 Å². The fourth-order valence-electron chi connectivity index (χ4n) is 1.11. The number of carbonyl (C=O) groups is 1. The molecular formula is C11H13ClN2O2. The van der Waals surface area contributed by atoms with E-state index in [-0.39, 0.29) is 5.17 Å². The lowest BCUT2D eigenvalue weighted by atomic mass is 10.1. The second kappa shape index (κ2) is 5.51. The third-order valence-electron chi connectivity index (χ3n) is 2.23. The molecule has 0 aliphatic heterocycles. The van der Waals surface area contributed by atoms with Crippen molar-refractivity contribution in [3.8, 4) is 0 Å². The zero-order valence-electron chi connectivity index (χ0n) is 9.37. The highest BCUT2D eigenvalue weighted by Gasteiger charge is 2.07. The zero-order chi connectivity index (χ0) is 12.1. The monoisotopic (exact) mass is 240 g/mol. The average Bonchev–Trinajstić information content (AvgIpc) is 2.29. The smallest absolute Gasteiger partial charge is 0.370 e. The molecule has 1 rings (SSSR count). The number of nitrogens with one attached hydrogen (secondary N) is 1. The molecule has 0 bridgehead atoms. The molecule has 1 aromatic carbocycles. The number of nitrogens with zero attached hydrogens (tertiary/aromatic N) is 1. The first-order chi connectivity index (χ1) is 7.56. The van der Waals surface area contributed by atoms with Gasteiger partial charge in [0, 0.05) is 0 Å². The SMILES string of the molecule is COC(=O)/C(Cl)=N/Nc1cccc(C)c1C. The molecule has 0 amide bonds. The molecule has 1 aromatic rings. The Labute approximate surface area is 99.2 Å². The van der Waals surface area contributed by atoms with Crippen molar-refractivity contribution in [1.29, 1.82) is 0 Å². The van der Waals surface area contributed by atoms with Gasteiger partial charge < -0.3 is 4.74 Å². The molecule has 0 atom stereocenters. The molecule has 0 aromatic heterocycles. The molecule has 0 aliphatic carbocycles. The molecule has 4 nitrogen and oxygen atoms in total. The maximum absolute atomic E-state index is 11.0. The number of benzene rings is 1. The van der Waals surface area contributed by atoms with Gasteiger partial charge in [-0.15, -0.1) is 0 Å². The lowest BCUT2D eigenvalue weighted by molar-refractivity contribution is -0.132. The Kier molecular flexibility index (Phi) is 4.31. The first-order valence-corrected chi connectivity index (χ1v) is 5.07. The lowest BCUT2D eigenvalue weighted by Gasteiger charge is -2.07. The summed E-state index contributed by atoms with van der Waals surface area (Å²) in [5.41, 5.74) is 5.72. The van der Waals surface area contributed by atoms with Crippen molar-refractivity contribution in [2.24, 2.45) is 5.10 Å². The Balaban J connectivity index is 2.82. The van der Waals surface area contributed by atoms with Gasteiger partial charge >= 0.3 is 5.97 Å². The fourth-order valence-corrected chi connectivity index (χ4v) is 1.23. The summed E-state index contributed by atoms with van der Waals surface area (Å²) >= 11 is 5.59. The van der Waals surface area contributed by atoms with E-state index in [4.69, 9.17) is 11.6 Å². The minimum Gasteiger partial charge on any atom is -0.464 e. The van der Waals surface area contributed by atoms with Gasteiger partial charge in [0.25, 0.3) is 0 Å². The molecular weight excluding hydrogens is 228 g/mol. The van der Waals surface area contributed by atoms with Gasteiger partial charge in [-0.25, -0.2) is 4.79 Å². The average molecular weight is 241 g/mol. The van der Waals surface area contributed by atoms with Crippen LogP contribution in [0, 0.1) is 13.8 Å². The van der Waals surface area contributed by atoms with Gasteiger partial charge in [0.2, 0.25) is 5.17 Å². The maximum Gasteiger partial charge on any atom is 0.370 e. The highest BCUT2D eigenvalue weighted by Crippen LogP contribution is 2.17. The summed E-state index contributed by atoms with van der Waals surface area (Å²) in [7, 11) is 1.25. The van der Waals surface area contributed by atoms with Crippen LogP contribution in [0.4, 0.5) is 5.69 Å². The topological polar surface area (TPSA) is 50.7 Å². The number of carbonyl (C=O) groups excluding carboxylic acids is 1. The summed E-state index contributed by atoms with van der Waals surface area (Å²) in [6.45, 7) is 3.95. The third-order valence-corrected chi connectivity index (χ3v) is 2.47. The largest absolute Gasteiger partial charge is 0.464 e. The molecule has 0 saturated carbocycles. The van der Waals surface area contributed by atoms with Crippen molar-refractivity contribution in [3.63, 3.8) is 0 Å². The molecule has 0 radical (unpaired) electrons. The van der Waals surface area contributed by atoms with Gasteiger partial charge in [0.1, 0.15) is 0 Å². The number of rotatable bonds is 3. The normalized spacial score (nSPS) is 11.1. The fraction of sp³-hybridized carbons (Fsp3) is 0.273. The highest BCUT2D eigenvalue weighted by atomic mass is 35.5. The second-order valence-electron chi connectivity index (χ2n) is 3.25. The number of hydrazone groups is 1. The van der Waals surface area contributed by atoms with E-state index in [0.717, 1.165) is 16.8 Å². The summed E-state index contributed by atoms with van der Waals surface area (Å²) in [4.78, 5) is 11.0. The Morgan fingerprint density at radius 3 is 2.75 bits per heavy atom. The van der Waals surface area contributed by atoms with Crippen molar-refractivity contribution in [3.05, 3.63) is 29.3 Å². The molecule has 0 saturated heterocycles. The van der Waals surface area contributed by atoms with Crippen LogP contribution in [0.15, 0.2) is 23.3 Å². The van der Waals surface area contributed by atoms with Crippen molar-refractivity contribution < 1.29 is 9.53 Å². The van der Waals surface area contributed by atoms with Crippen LogP contribution in [0.1, 0.15) is 11.1 Å². The van der Waals surface area contributed by atoms with Crippen molar-refractivity contribution >= 4 is 28.4 Å². The maximum atomic E-state index is 11.0. The van der Waals surface area contributed by atoms with Crippen LogP contribution in [0.5, 0.6) is 0 Å². The number of hydrogen-bond acceptors (Lipinski definition) is 4. The third kappa shape index (κ3) is 2.97. The molecule has 0 spiro atoms. The van der Waals surface area contributed by atoms with E-state index in [0.29, 0.717) is 0 Å². The van der Waals surface area contributed by atoms with E-state index in [1.54, 1.807) is 0 Å². The van der Waals surface area contributed by atoms with Gasteiger partial charge in [-0.1, -0.05) is 23.7 Å². The quantitative estimate of drug-likeness (QED) is 0.502. The van der Waals surface area contributed by atoms with Gasteiger partial charge in [0.05, 0.1) is 12.8 Å². The van der Waals surface area contributed by atoms with Crippen LogP contribution in [0.2, 0.25) is 0 Å². The van der Waals surface area contributed by atoms with Crippen LogP contribution >= 0.6 is 11.6 Å². The molecule has 0 unspecified atom stereocenters. The molecule has 0 heterocycles. The highest BCUT2D eigenvalue weighted by molar-refractivity contribution is 6.82. The number of ether oxygens (including phenoxy) is 1. The number of esters is 1. The van der Waals surface area contributed by atoms with Crippen LogP contribution in [0.25, 0.3) is 0 Å². The predicted octanol–water partition coefficient (Wildman–Crippen LogP) is 2.44. The standard InChI is InChI=1S/C11H13ClN2O2/c1-7-5-4-6-9(8(7)2)13-14-10(12)11(15)16-3/h4-6,13H,1-3H3/b14-10-. The summed E-state index contributed by atoms with van der Waals surface area (Å²) < 4.78 is 4.41. The number of methoxy groups -OCH3 is 1. The van der Waals surface area contributed by atoms with Crippen LogP contribution in [-0.4, -0.2) is 18.2 Å². The van der Waals surface area contributed by atoms with E-state index in [1.807, 2.05) is 32.0 Å². The predicted molar refractivity (Wildman–Crippen MR) is 64.8 cm³/mol. The molecule has 1 N–H and O–H groups in total. The Morgan fingerprint density at radius 1 is 1.44 bits per heavy atom. The summed E-state index contributed by atoms with van der Waals surface area (Å²) in [6, 6.07) is 5.74. The molecule has 5 heteroatoms. The van der Waals surface area contributed by atoms with E-state index in [9.17, 15) is 4.79 Å². The Bertz CT molecular complexity index is 430. The minimum atomic E-state index is -0.667. The molecule has 0 fully saturated rings. The summed E-state index contributed by atoms with van der Waals surface area (Å²) in [5, 5.41) is 3.49. The minimum absolute atomic E-state index is 0.233. The first-order valence-electron chi connectivity index (χ1n) is 4.70. The summed E-state index contributed by atoms with van der Waals surface area (Å²) in [5.74, 6) is -0.667. The Hall–Kier alpha value is -1.55. The van der Waals surface area contributed by atoms with Crippen LogP contribution < -0.4 is 5.43 Å². The van der Waals surface area contributed by atoms with Crippen LogP contribution in [0.3, 0.4) is 0 Å². The Morgan fingerprint density at radius 2 is 2.12 bits per heavy atom. The van der Waals surface area contributed by atoms with Crippen LogP contribution in [-0.2, 0) is 9.53 Å².